The Hall–Kier alpha value is -0.340. The van der Waals surface area contributed by atoms with Gasteiger partial charge in [-0.05, 0) is 75.3 Å². The summed E-state index contributed by atoms with van der Waals surface area (Å²) >= 11 is 0. The predicted octanol–water partition coefficient (Wildman–Crippen LogP) is 11.1. The summed E-state index contributed by atoms with van der Waals surface area (Å²) in [5, 5.41) is 0. The first-order valence-electron chi connectivity index (χ1n) is 17.9. The van der Waals surface area contributed by atoms with Crippen molar-refractivity contribution in [1.29, 1.82) is 0 Å². The normalized spacial score (nSPS) is 21.4. The minimum Gasteiger partial charge on any atom is -0.330 e. The summed E-state index contributed by atoms with van der Waals surface area (Å²) in [5.74, 6) is 3.57. The molecule has 1 aliphatic rings. The molecule has 0 fully saturated rings. The van der Waals surface area contributed by atoms with Gasteiger partial charge in [0.05, 0.1) is 0 Å². The fourth-order valence-electron chi connectivity index (χ4n) is 7.11. The third-order valence-electron chi connectivity index (χ3n) is 9.52. The summed E-state index contributed by atoms with van der Waals surface area (Å²) in [6.45, 7) is 6.40. The van der Waals surface area contributed by atoms with Crippen molar-refractivity contribution in [3.8, 4) is 0 Å². The molecule has 0 bridgehead atoms. The Kier molecular flexibility index (Phi) is 25.2. The molecule has 0 aromatic rings. The van der Waals surface area contributed by atoms with Gasteiger partial charge in [-0.1, -0.05) is 154 Å². The Morgan fingerprint density at radius 1 is 0.368 bits per heavy atom. The predicted molar refractivity (Wildman–Crippen MR) is 173 cm³/mol. The van der Waals surface area contributed by atoms with Gasteiger partial charge in [-0.25, -0.2) is 0 Å². The van der Waals surface area contributed by atoms with Crippen LogP contribution in [0.2, 0.25) is 0 Å². The second-order valence-corrected chi connectivity index (χ2v) is 12.8. The number of nitrogens with two attached hydrogens (primary N) is 2. The van der Waals surface area contributed by atoms with E-state index in [1.54, 1.807) is 0 Å². The minimum absolute atomic E-state index is 0.841. The van der Waals surface area contributed by atoms with Crippen LogP contribution in [0.3, 0.4) is 0 Å². The van der Waals surface area contributed by atoms with E-state index in [2.05, 4.69) is 26.0 Å². The number of rotatable bonds is 28. The molecule has 1 aliphatic carbocycles. The topological polar surface area (TPSA) is 52.0 Å². The Labute approximate surface area is 240 Å². The molecule has 0 heterocycles. The summed E-state index contributed by atoms with van der Waals surface area (Å²) in [6.07, 6.45) is 42.0. The summed E-state index contributed by atoms with van der Waals surface area (Å²) in [5.41, 5.74) is 11.4. The van der Waals surface area contributed by atoms with Crippen molar-refractivity contribution in [3.63, 3.8) is 0 Å². The molecule has 0 aliphatic heterocycles. The molecule has 0 spiro atoms. The molecule has 4 atom stereocenters. The smallest absolute Gasteiger partial charge is 0.00773 e. The molecule has 0 aromatic heterocycles. The van der Waals surface area contributed by atoms with Crippen LogP contribution in [0.1, 0.15) is 181 Å². The standard InChI is InChI=1S/C36H72N2/c1-3-5-7-9-15-21-27-35-33(25-19-8-6-4-2)29-30-34(26-20-14-10-12-17-23-31-37)36(35)28-22-16-11-13-18-24-32-38/h29-30,33-36H,3-28,31-32,37-38H2,1-2H3. The second kappa shape index (κ2) is 26.9. The maximum Gasteiger partial charge on any atom is -0.00773 e. The van der Waals surface area contributed by atoms with Crippen molar-refractivity contribution in [2.24, 2.45) is 35.1 Å². The van der Waals surface area contributed by atoms with Gasteiger partial charge in [-0.3, -0.25) is 0 Å². The van der Waals surface area contributed by atoms with Crippen LogP contribution in [-0.4, -0.2) is 13.1 Å². The highest BCUT2D eigenvalue weighted by molar-refractivity contribution is 5.05. The van der Waals surface area contributed by atoms with Gasteiger partial charge in [-0.2, -0.15) is 0 Å². The van der Waals surface area contributed by atoms with Crippen LogP contribution < -0.4 is 11.5 Å². The summed E-state index contributed by atoms with van der Waals surface area (Å²) in [4.78, 5) is 0. The van der Waals surface area contributed by atoms with E-state index >= 15 is 0 Å². The summed E-state index contributed by atoms with van der Waals surface area (Å²) in [7, 11) is 0. The van der Waals surface area contributed by atoms with Crippen molar-refractivity contribution in [3.05, 3.63) is 12.2 Å². The average Bonchev–Trinajstić information content (AvgIpc) is 2.93. The van der Waals surface area contributed by atoms with Crippen LogP contribution in [0.15, 0.2) is 12.2 Å². The molecule has 0 saturated heterocycles. The third kappa shape index (κ3) is 18.1. The van der Waals surface area contributed by atoms with Gasteiger partial charge in [0.1, 0.15) is 0 Å². The number of hydrogen-bond acceptors (Lipinski definition) is 2. The lowest BCUT2D eigenvalue weighted by Gasteiger charge is -2.41. The van der Waals surface area contributed by atoms with E-state index in [0.717, 1.165) is 36.8 Å². The molecular weight excluding hydrogens is 460 g/mol. The Bertz CT molecular complexity index is 502. The average molecular weight is 533 g/mol. The minimum atomic E-state index is 0.841. The van der Waals surface area contributed by atoms with Gasteiger partial charge in [-0.15, -0.1) is 0 Å². The van der Waals surface area contributed by atoms with E-state index in [1.165, 1.54) is 167 Å². The van der Waals surface area contributed by atoms with Crippen LogP contribution in [0.4, 0.5) is 0 Å². The van der Waals surface area contributed by atoms with Crippen molar-refractivity contribution >= 4 is 0 Å². The van der Waals surface area contributed by atoms with Crippen LogP contribution in [0.5, 0.6) is 0 Å². The maximum absolute atomic E-state index is 5.70. The second-order valence-electron chi connectivity index (χ2n) is 12.8. The fourth-order valence-corrected chi connectivity index (χ4v) is 7.11. The largest absolute Gasteiger partial charge is 0.330 e. The molecule has 0 saturated carbocycles. The first-order valence-corrected chi connectivity index (χ1v) is 17.9. The third-order valence-corrected chi connectivity index (χ3v) is 9.52. The van der Waals surface area contributed by atoms with Crippen molar-refractivity contribution in [2.75, 3.05) is 13.1 Å². The van der Waals surface area contributed by atoms with Gasteiger partial charge in [0.25, 0.3) is 0 Å². The zero-order valence-corrected chi connectivity index (χ0v) is 26.4. The van der Waals surface area contributed by atoms with Crippen LogP contribution in [0, 0.1) is 23.7 Å². The van der Waals surface area contributed by atoms with E-state index in [-0.39, 0.29) is 0 Å². The molecule has 0 aromatic carbocycles. The van der Waals surface area contributed by atoms with E-state index in [1.807, 2.05) is 0 Å². The van der Waals surface area contributed by atoms with Crippen LogP contribution in [-0.2, 0) is 0 Å². The monoisotopic (exact) mass is 533 g/mol. The SMILES string of the molecule is CCCCCCCCC1C(CCCCCC)C=CC(CCCCCCCCN)C1CCCCCCCCN. The highest BCUT2D eigenvalue weighted by Gasteiger charge is 2.34. The molecule has 4 N–H and O–H groups in total. The van der Waals surface area contributed by atoms with E-state index in [9.17, 15) is 0 Å². The highest BCUT2D eigenvalue weighted by atomic mass is 14.5. The molecule has 226 valence electrons. The molecule has 2 nitrogen and oxygen atoms in total. The van der Waals surface area contributed by atoms with Crippen molar-refractivity contribution < 1.29 is 0 Å². The first-order chi connectivity index (χ1) is 18.8. The number of hydrogen-bond donors (Lipinski definition) is 2. The van der Waals surface area contributed by atoms with Gasteiger partial charge in [0, 0.05) is 0 Å². The molecule has 0 radical (unpaired) electrons. The zero-order chi connectivity index (χ0) is 27.5. The van der Waals surface area contributed by atoms with Crippen molar-refractivity contribution in [2.45, 2.75) is 181 Å². The van der Waals surface area contributed by atoms with Gasteiger partial charge >= 0.3 is 0 Å². The molecule has 2 heteroatoms. The lowest BCUT2D eigenvalue weighted by Crippen LogP contribution is -2.32. The molecule has 1 rings (SSSR count). The summed E-state index contributed by atoms with van der Waals surface area (Å²) in [6, 6.07) is 0. The van der Waals surface area contributed by atoms with Crippen molar-refractivity contribution in [1.82, 2.24) is 0 Å². The van der Waals surface area contributed by atoms with Crippen LogP contribution >= 0.6 is 0 Å². The Morgan fingerprint density at radius 2 is 0.658 bits per heavy atom. The molecule has 38 heavy (non-hydrogen) atoms. The quantitative estimate of drug-likeness (QED) is 0.0777. The fraction of sp³-hybridized carbons (Fsp3) is 0.944. The molecular formula is C36H72N2. The lowest BCUT2D eigenvalue weighted by atomic mass is 9.64. The molecule has 0 amide bonds. The molecule has 4 unspecified atom stereocenters. The highest BCUT2D eigenvalue weighted by Crippen LogP contribution is 2.44. The number of unbranched alkanes of at least 4 members (excludes halogenated alkanes) is 18. The first kappa shape index (κ1) is 35.7. The zero-order valence-electron chi connectivity index (χ0n) is 26.4. The summed E-state index contributed by atoms with van der Waals surface area (Å²) < 4.78 is 0. The van der Waals surface area contributed by atoms with Gasteiger partial charge in [0.2, 0.25) is 0 Å². The van der Waals surface area contributed by atoms with E-state index in [4.69, 9.17) is 11.5 Å². The van der Waals surface area contributed by atoms with E-state index in [0.29, 0.717) is 0 Å². The van der Waals surface area contributed by atoms with E-state index < -0.39 is 0 Å². The Balaban J connectivity index is 2.73. The lowest BCUT2D eigenvalue weighted by molar-refractivity contribution is 0.145. The van der Waals surface area contributed by atoms with Gasteiger partial charge < -0.3 is 11.5 Å². The maximum atomic E-state index is 5.70. The van der Waals surface area contributed by atoms with Gasteiger partial charge in [0.15, 0.2) is 0 Å². The number of allylic oxidation sites excluding steroid dienone is 2. The Morgan fingerprint density at radius 3 is 1.03 bits per heavy atom. The van der Waals surface area contributed by atoms with Crippen LogP contribution in [0.25, 0.3) is 0 Å².